The molecule has 1 saturated carbocycles. The summed E-state index contributed by atoms with van der Waals surface area (Å²) in [5.74, 6) is -0.120. The van der Waals surface area contributed by atoms with Gasteiger partial charge in [-0.25, -0.2) is 4.39 Å². The molecule has 0 heterocycles. The molecule has 2 N–H and O–H groups in total. The summed E-state index contributed by atoms with van der Waals surface area (Å²) in [4.78, 5) is 12.2. The number of unbranched alkanes of at least 4 members (excludes halogenated alkanes) is 1. The topological polar surface area (TPSA) is 66.8 Å². The maximum Gasteiger partial charge on any atom is 0.305 e. The number of alkyl halides is 1. The van der Waals surface area contributed by atoms with E-state index in [1.54, 1.807) is 6.07 Å². The number of benzene rings is 1. The highest BCUT2D eigenvalue weighted by atomic mass is 35.5. The van der Waals surface area contributed by atoms with Gasteiger partial charge in [0.15, 0.2) is 0 Å². The van der Waals surface area contributed by atoms with Gasteiger partial charge in [0.25, 0.3) is 0 Å². The van der Waals surface area contributed by atoms with E-state index in [-0.39, 0.29) is 37.4 Å². The van der Waals surface area contributed by atoms with Gasteiger partial charge in [0.2, 0.25) is 0 Å². The number of aliphatic hydroxyl groups is 2. The number of halogens is 3. The molecule has 0 bridgehead atoms. The summed E-state index contributed by atoms with van der Waals surface area (Å²) in [6.07, 6.45) is 4.52. The summed E-state index contributed by atoms with van der Waals surface area (Å²) in [7, 11) is 0. The monoisotopic (exact) mass is 464 g/mol. The highest BCUT2D eigenvalue weighted by molar-refractivity contribution is 7.99. The molecule has 0 spiro atoms. The quantitative estimate of drug-likeness (QED) is 0.207. The lowest BCUT2D eigenvalue weighted by Crippen LogP contribution is -2.23. The number of esters is 1. The number of allylic oxidation sites excluding steroid dienone is 2. The van der Waals surface area contributed by atoms with E-state index in [0.717, 1.165) is 4.90 Å². The van der Waals surface area contributed by atoms with Crippen molar-refractivity contribution in [2.75, 3.05) is 19.0 Å². The first-order valence-electron chi connectivity index (χ1n) is 9.73. The Morgan fingerprint density at radius 2 is 1.97 bits per heavy atom. The minimum Gasteiger partial charge on any atom is -0.463 e. The Labute approximate surface area is 185 Å². The van der Waals surface area contributed by atoms with Gasteiger partial charge in [0.1, 0.15) is 12.8 Å². The number of carbonyl (C=O) groups excluding carboxylic acids is 1. The third kappa shape index (κ3) is 8.46. The van der Waals surface area contributed by atoms with Crippen LogP contribution in [0.2, 0.25) is 10.0 Å². The van der Waals surface area contributed by atoms with Crippen LogP contribution in [0.4, 0.5) is 4.39 Å². The van der Waals surface area contributed by atoms with Gasteiger partial charge in [0.05, 0.1) is 12.7 Å². The molecular weight excluding hydrogens is 438 g/mol. The standard InChI is InChI=1S/C21H27Cl2FO4S/c22-14-9-15(23)11-16(10-14)29-13-18-17(19(24)12-20(18)26)5-3-1-2-4-6-21(27)28-8-7-25/h1,3,9-11,17-20,25-26H,2,4-8,12-13H2/t17-,18-,19?,20?/m1/s1. The molecule has 1 aromatic rings. The molecule has 1 aliphatic carbocycles. The molecule has 0 saturated heterocycles. The van der Waals surface area contributed by atoms with E-state index in [1.807, 2.05) is 24.3 Å². The van der Waals surface area contributed by atoms with E-state index >= 15 is 0 Å². The number of hydrogen-bond donors (Lipinski definition) is 2. The molecule has 1 fully saturated rings. The van der Waals surface area contributed by atoms with Crippen LogP contribution in [0, 0.1) is 11.8 Å². The van der Waals surface area contributed by atoms with Crippen molar-refractivity contribution in [2.24, 2.45) is 11.8 Å². The van der Waals surface area contributed by atoms with Gasteiger partial charge < -0.3 is 14.9 Å². The zero-order chi connectivity index (χ0) is 21.2. The fraction of sp³-hybridized carbons (Fsp3) is 0.571. The van der Waals surface area contributed by atoms with Crippen LogP contribution < -0.4 is 0 Å². The number of aliphatic hydroxyl groups excluding tert-OH is 2. The summed E-state index contributed by atoms with van der Waals surface area (Å²) in [6, 6.07) is 5.29. The van der Waals surface area contributed by atoms with Crippen LogP contribution in [0.25, 0.3) is 0 Å². The van der Waals surface area contributed by atoms with E-state index < -0.39 is 12.3 Å². The zero-order valence-corrected chi connectivity index (χ0v) is 18.4. The smallest absolute Gasteiger partial charge is 0.305 e. The minimum absolute atomic E-state index is 0.0252. The van der Waals surface area contributed by atoms with E-state index in [4.69, 9.17) is 33.0 Å². The Bertz CT molecular complexity index is 668. The number of ether oxygens (including phenoxy) is 1. The van der Waals surface area contributed by atoms with Crippen LogP contribution in [0.15, 0.2) is 35.2 Å². The van der Waals surface area contributed by atoms with E-state index in [9.17, 15) is 14.3 Å². The first kappa shape index (κ1) is 24.5. The number of hydrogen-bond acceptors (Lipinski definition) is 5. The molecule has 162 valence electrons. The van der Waals surface area contributed by atoms with Crippen LogP contribution >= 0.6 is 35.0 Å². The fourth-order valence-corrected chi connectivity index (χ4v) is 5.39. The summed E-state index contributed by atoms with van der Waals surface area (Å²) in [6.45, 7) is -0.148. The van der Waals surface area contributed by atoms with Gasteiger partial charge in [0, 0.05) is 39.5 Å². The Morgan fingerprint density at radius 1 is 1.24 bits per heavy atom. The molecular formula is C21H27Cl2FO4S. The highest BCUT2D eigenvalue weighted by Crippen LogP contribution is 2.40. The lowest BCUT2D eigenvalue weighted by Gasteiger charge is -2.21. The van der Waals surface area contributed by atoms with Crippen molar-refractivity contribution in [2.45, 2.75) is 49.3 Å². The summed E-state index contributed by atoms with van der Waals surface area (Å²) >= 11 is 13.6. The van der Waals surface area contributed by atoms with Crippen LogP contribution in [-0.4, -0.2) is 47.4 Å². The SMILES string of the molecule is O=C(CCCC=CC[C@H]1C(F)CC(O)[C@@H]1CSc1cc(Cl)cc(Cl)c1)OCCO. The molecule has 2 unspecified atom stereocenters. The molecule has 1 aromatic carbocycles. The van der Waals surface area contributed by atoms with Crippen molar-refractivity contribution in [1.29, 1.82) is 0 Å². The maximum atomic E-state index is 14.4. The fourth-order valence-electron chi connectivity index (χ4n) is 3.46. The van der Waals surface area contributed by atoms with E-state index in [0.29, 0.717) is 41.5 Å². The predicted molar refractivity (Wildman–Crippen MR) is 115 cm³/mol. The second-order valence-electron chi connectivity index (χ2n) is 7.11. The van der Waals surface area contributed by atoms with Crippen LogP contribution in [0.1, 0.15) is 32.1 Å². The Morgan fingerprint density at radius 3 is 2.66 bits per heavy atom. The molecule has 0 amide bonds. The van der Waals surface area contributed by atoms with Gasteiger partial charge in [-0.05, 0) is 43.4 Å². The maximum absolute atomic E-state index is 14.4. The van der Waals surface area contributed by atoms with Crippen LogP contribution in [-0.2, 0) is 9.53 Å². The third-order valence-electron chi connectivity index (χ3n) is 4.93. The lowest BCUT2D eigenvalue weighted by atomic mass is 9.92. The second kappa shape index (κ2) is 12.8. The minimum atomic E-state index is -1.03. The van der Waals surface area contributed by atoms with Crippen molar-refractivity contribution >= 4 is 40.9 Å². The van der Waals surface area contributed by atoms with Gasteiger partial charge >= 0.3 is 5.97 Å². The molecule has 2 rings (SSSR count). The van der Waals surface area contributed by atoms with Crippen molar-refractivity contribution in [3.05, 3.63) is 40.4 Å². The van der Waals surface area contributed by atoms with E-state index in [1.165, 1.54) is 11.8 Å². The lowest BCUT2D eigenvalue weighted by molar-refractivity contribution is -0.144. The predicted octanol–water partition coefficient (Wildman–Crippen LogP) is 5.07. The first-order valence-corrected chi connectivity index (χ1v) is 11.5. The summed E-state index contributed by atoms with van der Waals surface area (Å²) in [5.41, 5.74) is 0. The highest BCUT2D eigenvalue weighted by Gasteiger charge is 2.41. The Hall–Kier alpha value is -0.790. The van der Waals surface area contributed by atoms with E-state index in [2.05, 4.69) is 0 Å². The van der Waals surface area contributed by atoms with Gasteiger partial charge in [-0.3, -0.25) is 4.79 Å². The normalized spacial score (nSPS) is 24.3. The molecule has 8 heteroatoms. The third-order valence-corrected chi connectivity index (χ3v) is 6.49. The van der Waals surface area contributed by atoms with Crippen molar-refractivity contribution in [3.8, 4) is 0 Å². The Balaban J connectivity index is 1.79. The Kier molecular flexibility index (Phi) is 10.8. The molecule has 0 radical (unpaired) electrons. The largest absolute Gasteiger partial charge is 0.463 e. The average molecular weight is 465 g/mol. The number of thioether (sulfide) groups is 1. The van der Waals surface area contributed by atoms with Crippen molar-refractivity contribution in [1.82, 2.24) is 0 Å². The second-order valence-corrected chi connectivity index (χ2v) is 9.07. The molecule has 4 nitrogen and oxygen atoms in total. The van der Waals surface area contributed by atoms with Crippen LogP contribution in [0.5, 0.6) is 0 Å². The van der Waals surface area contributed by atoms with Gasteiger partial charge in [-0.2, -0.15) is 0 Å². The molecule has 1 aliphatic rings. The van der Waals surface area contributed by atoms with Gasteiger partial charge in [-0.15, -0.1) is 11.8 Å². The summed E-state index contributed by atoms with van der Waals surface area (Å²) in [5, 5.41) is 20.0. The number of rotatable bonds is 11. The molecule has 0 aliphatic heterocycles. The average Bonchev–Trinajstić information content (AvgIpc) is 2.93. The van der Waals surface area contributed by atoms with Gasteiger partial charge in [-0.1, -0.05) is 35.4 Å². The summed E-state index contributed by atoms with van der Waals surface area (Å²) < 4.78 is 19.2. The molecule has 4 atom stereocenters. The molecule has 0 aromatic heterocycles. The zero-order valence-electron chi connectivity index (χ0n) is 16.1. The molecule has 29 heavy (non-hydrogen) atoms. The first-order chi connectivity index (χ1) is 13.9. The van der Waals surface area contributed by atoms with Crippen LogP contribution in [0.3, 0.4) is 0 Å². The van der Waals surface area contributed by atoms with Crippen molar-refractivity contribution in [3.63, 3.8) is 0 Å². The number of carbonyl (C=O) groups is 1. The van der Waals surface area contributed by atoms with Crippen molar-refractivity contribution < 1.29 is 24.1 Å².